The van der Waals surface area contributed by atoms with E-state index in [2.05, 4.69) is 24.2 Å². The summed E-state index contributed by atoms with van der Waals surface area (Å²) in [4.78, 5) is 15.7. The van der Waals surface area contributed by atoms with Gasteiger partial charge in [0.05, 0.1) is 11.7 Å². The van der Waals surface area contributed by atoms with Crippen LogP contribution in [-0.4, -0.2) is 35.7 Å². The zero-order valence-electron chi connectivity index (χ0n) is 17.4. The monoisotopic (exact) mass is 396 g/mol. The second kappa shape index (κ2) is 6.78. The van der Waals surface area contributed by atoms with Crippen molar-refractivity contribution in [2.75, 3.05) is 19.8 Å². The standard InChI is InChI=1S/C23H28N2O4/c1-4-18-21(15(3)29-24-18)22(26)25-13-23(7-5-6-8-23)17-12-20-19(27-9-10-28-20)11-16(17)14(25)2/h11-12,14H,4-10,13H2,1-3H3. The maximum absolute atomic E-state index is 13.7. The molecule has 1 spiro atoms. The van der Waals surface area contributed by atoms with Gasteiger partial charge in [-0.15, -0.1) is 0 Å². The minimum absolute atomic E-state index is 0.00914. The van der Waals surface area contributed by atoms with Crippen molar-refractivity contribution in [2.45, 2.75) is 64.3 Å². The third kappa shape index (κ3) is 2.75. The maximum atomic E-state index is 13.7. The zero-order chi connectivity index (χ0) is 20.2. The molecule has 154 valence electrons. The average molecular weight is 396 g/mol. The number of benzene rings is 1. The molecule has 0 radical (unpaired) electrons. The Labute approximate surface area is 171 Å². The van der Waals surface area contributed by atoms with Gasteiger partial charge in [0, 0.05) is 12.0 Å². The summed E-state index contributed by atoms with van der Waals surface area (Å²) in [7, 11) is 0. The SMILES string of the molecule is CCc1noc(C)c1C(=O)N1CC2(CCCC2)c2cc3c(cc2C1C)OCCO3. The molecule has 1 unspecified atom stereocenters. The highest BCUT2D eigenvalue weighted by atomic mass is 16.6. The van der Waals surface area contributed by atoms with E-state index in [1.165, 1.54) is 24.0 Å². The smallest absolute Gasteiger partial charge is 0.259 e. The number of carbonyl (C=O) groups excluding carboxylic acids is 1. The largest absolute Gasteiger partial charge is 0.486 e. The molecule has 1 aromatic carbocycles. The molecular formula is C23H28N2O4. The number of hydrogen-bond acceptors (Lipinski definition) is 5. The van der Waals surface area contributed by atoms with Crippen LogP contribution in [0.4, 0.5) is 0 Å². The van der Waals surface area contributed by atoms with Gasteiger partial charge in [-0.2, -0.15) is 0 Å². The van der Waals surface area contributed by atoms with Crippen LogP contribution in [0, 0.1) is 6.92 Å². The van der Waals surface area contributed by atoms with E-state index in [9.17, 15) is 4.79 Å². The molecule has 1 amide bonds. The Hall–Kier alpha value is -2.50. The van der Waals surface area contributed by atoms with E-state index in [-0.39, 0.29) is 17.4 Å². The maximum Gasteiger partial charge on any atom is 0.259 e. The second-order valence-electron chi connectivity index (χ2n) is 8.59. The van der Waals surface area contributed by atoms with Gasteiger partial charge in [-0.25, -0.2) is 0 Å². The first kappa shape index (κ1) is 18.5. The van der Waals surface area contributed by atoms with Crippen LogP contribution in [0.1, 0.15) is 78.5 Å². The Kier molecular flexibility index (Phi) is 4.33. The molecule has 6 nitrogen and oxygen atoms in total. The second-order valence-corrected chi connectivity index (χ2v) is 8.59. The number of amides is 1. The van der Waals surface area contributed by atoms with Crippen LogP contribution in [0.5, 0.6) is 11.5 Å². The fourth-order valence-corrected chi connectivity index (χ4v) is 5.43. The minimum Gasteiger partial charge on any atom is -0.486 e. The van der Waals surface area contributed by atoms with Crippen molar-refractivity contribution >= 4 is 5.91 Å². The number of aromatic nitrogens is 1. The molecule has 1 aliphatic carbocycles. The summed E-state index contributed by atoms with van der Waals surface area (Å²) < 4.78 is 17.1. The first-order valence-electron chi connectivity index (χ1n) is 10.7. The minimum atomic E-state index is -0.0430. The Morgan fingerprint density at radius 3 is 2.59 bits per heavy atom. The van der Waals surface area contributed by atoms with E-state index < -0.39 is 0 Å². The van der Waals surface area contributed by atoms with Crippen molar-refractivity contribution < 1.29 is 18.8 Å². The van der Waals surface area contributed by atoms with E-state index in [0.29, 0.717) is 31.0 Å². The lowest BCUT2D eigenvalue weighted by Gasteiger charge is -2.46. The van der Waals surface area contributed by atoms with Crippen molar-refractivity contribution in [3.8, 4) is 11.5 Å². The summed E-state index contributed by atoms with van der Waals surface area (Å²) in [6.07, 6.45) is 5.26. The molecule has 2 aromatic rings. The molecular weight excluding hydrogens is 368 g/mol. The molecule has 6 heteroatoms. The molecule has 1 aromatic heterocycles. The summed E-state index contributed by atoms with van der Waals surface area (Å²) in [5.74, 6) is 2.27. The molecule has 0 bridgehead atoms. The van der Waals surface area contributed by atoms with Gasteiger partial charge in [-0.3, -0.25) is 4.79 Å². The van der Waals surface area contributed by atoms with Crippen LogP contribution < -0.4 is 9.47 Å². The van der Waals surface area contributed by atoms with Gasteiger partial charge >= 0.3 is 0 Å². The molecule has 0 N–H and O–H groups in total. The third-order valence-electron chi connectivity index (χ3n) is 6.98. The molecule has 1 atom stereocenters. The van der Waals surface area contributed by atoms with Gasteiger partial charge in [0.2, 0.25) is 0 Å². The van der Waals surface area contributed by atoms with Crippen molar-refractivity contribution in [3.63, 3.8) is 0 Å². The van der Waals surface area contributed by atoms with Gasteiger partial charge in [-0.1, -0.05) is 24.9 Å². The molecule has 29 heavy (non-hydrogen) atoms. The third-order valence-corrected chi connectivity index (χ3v) is 6.98. The predicted octanol–water partition coefficient (Wildman–Crippen LogP) is 4.35. The van der Waals surface area contributed by atoms with E-state index in [4.69, 9.17) is 14.0 Å². The van der Waals surface area contributed by atoms with Crippen LogP contribution in [-0.2, 0) is 11.8 Å². The number of nitrogens with zero attached hydrogens (tertiary/aromatic N) is 2. The quantitative estimate of drug-likeness (QED) is 0.755. The van der Waals surface area contributed by atoms with Crippen LogP contribution in [0.3, 0.4) is 0 Å². The summed E-state index contributed by atoms with van der Waals surface area (Å²) in [5, 5.41) is 4.11. The Bertz CT molecular complexity index is 958. The highest BCUT2D eigenvalue weighted by Crippen LogP contribution is 2.52. The normalized spacial score (nSPS) is 22.0. The molecule has 5 rings (SSSR count). The number of rotatable bonds is 2. The summed E-state index contributed by atoms with van der Waals surface area (Å²) in [5.41, 5.74) is 3.89. The number of ether oxygens (including phenoxy) is 2. The van der Waals surface area contributed by atoms with E-state index in [1.54, 1.807) is 0 Å². The fraction of sp³-hybridized carbons (Fsp3) is 0.565. The topological polar surface area (TPSA) is 64.8 Å². The van der Waals surface area contributed by atoms with Crippen LogP contribution in [0.25, 0.3) is 0 Å². The van der Waals surface area contributed by atoms with Gasteiger partial charge in [-0.05, 0) is 56.4 Å². The molecule has 2 aliphatic heterocycles. The Morgan fingerprint density at radius 2 is 1.90 bits per heavy atom. The van der Waals surface area contributed by atoms with E-state index in [0.717, 1.165) is 36.6 Å². The first-order chi connectivity index (χ1) is 14.0. The van der Waals surface area contributed by atoms with E-state index >= 15 is 0 Å². The predicted molar refractivity (Wildman–Crippen MR) is 108 cm³/mol. The molecule has 1 fully saturated rings. The van der Waals surface area contributed by atoms with Crippen LogP contribution in [0.2, 0.25) is 0 Å². The number of hydrogen-bond donors (Lipinski definition) is 0. The first-order valence-corrected chi connectivity index (χ1v) is 10.7. The van der Waals surface area contributed by atoms with Gasteiger partial charge in [0.15, 0.2) is 11.5 Å². The molecule has 1 saturated carbocycles. The Morgan fingerprint density at radius 1 is 1.21 bits per heavy atom. The lowest BCUT2D eigenvalue weighted by atomic mass is 9.71. The molecule has 3 heterocycles. The number of aryl methyl sites for hydroxylation is 2. The van der Waals surface area contributed by atoms with Crippen molar-refractivity contribution in [2.24, 2.45) is 0 Å². The highest BCUT2D eigenvalue weighted by Gasteiger charge is 2.47. The van der Waals surface area contributed by atoms with Gasteiger partial charge < -0.3 is 18.9 Å². The molecule has 0 saturated heterocycles. The lowest BCUT2D eigenvalue weighted by molar-refractivity contribution is 0.0590. The average Bonchev–Trinajstić information content (AvgIpc) is 3.36. The van der Waals surface area contributed by atoms with E-state index in [1.807, 2.05) is 18.7 Å². The Balaban J connectivity index is 1.61. The highest BCUT2D eigenvalue weighted by molar-refractivity contribution is 5.96. The fourth-order valence-electron chi connectivity index (χ4n) is 5.43. The molecule has 3 aliphatic rings. The van der Waals surface area contributed by atoms with Crippen LogP contribution >= 0.6 is 0 Å². The van der Waals surface area contributed by atoms with Crippen molar-refractivity contribution in [1.82, 2.24) is 10.1 Å². The van der Waals surface area contributed by atoms with Crippen LogP contribution in [0.15, 0.2) is 16.7 Å². The van der Waals surface area contributed by atoms with Gasteiger partial charge in [0.25, 0.3) is 5.91 Å². The van der Waals surface area contributed by atoms with Crippen molar-refractivity contribution in [1.29, 1.82) is 0 Å². The summed E-state index contributed by atoms with van der Waals surface area (Å²) >= 11 is 0. The summed E-state index contributed by atoms with van der Waals surface area (Å²) in [6.45, 7) is 7.83. The lowest BCUT2D eigenvalue weighted by Crippen LogP contribution is -2.49. The van der Waals surface area contributed by atoms with Crippen molar-refractivity contribution in [3.05, 3.63) is 40.3 Å². The number of fused-ring (bicyclic) bond motifs is 3. The zero-order valence-corrected chi connectivity index (χ0v) is 17.4. The summed E-state index contributed by atoms with van der Waals surface area (Å²) in [6, 6.07) is 4.25. The number of carbonyl (C=O) groups is 1. The van der Waals surface area contributed by atoms with Gasteiger partial charge in [0.1, 0.15) is 24.5 Å².